The Morgan fingerprint density at radius 2 is 1.54 bits per heavy atom. The summed E-state index contributed by atoms with van der Waals surface area (Å²) in [6, 6.07) is 16.5. The van der Waals surface area contributed by atoms with Gasteiger partial charge in [-0.25, -0.2) is 4.68 Å². The van der Waals surface area contributed by atoms with Crippen molar-refractivity contribution in [1.82, 2.24) is 15.0 Å². The van der Waals surface area contributed by atoms with Gasteiger partial charge in [0.25, 0.3) is 0 Å². The fraction of sp³-hybridized carbons (Fsp3) is 0.263. The molecule has 3 aromatic rings. The molecule has 0 aliphatic carbocycles. The van der Waals surface area contributed by atoms with E-state index in [9.17, 15) is 0 Å². The molecule has 1 aromatic heterocycles. The molecule has 0 atom stereocenters. The third-order valence-corrected chi connectivity index (χ3v) is 5.78. The van der Waals surface area contributed by atoms with E-state index in [-0.39, 0.29) is 0 Å². The van der Waals surface area contributed by atoms with Crippen LogP contribution in [0.5, 0.6) is 5.75 Å². The summed E-state index contributed by atoms with van der Waals surface area (Å²) in [5, 5.41) is 10.1. The number of methoxy groups -OCH3 is 1. The SMILES string of the molecule is COc1ccc(-c2c([Si](C)(C)C)nnn2-c2ccc(C)cc2)cc1. The van der Waals surface area contributed by atoms with E-state index in [2.05, 4.69) is 73.3 Å². The summed E-state index contributed by atoms with van der Waals surface area (Å²) in [5.74, 6) is 0.850. The third kappa shape index (κ3) is 3.12. The highest BCUT2D eigenvalue weighted by atomic mass is 28.3. The highest BCUT2D eigenvalue weighted by Crippen LogP contribution is 2.25. The number of benzene rings is 2. The maximum absolute atomic E-state index is 5.28. The van der Waals surface area contributed by atoms with Crippen LogP contribution in [0.3, 0.4) is 0 Å². The number of aryl methyl sites for hydroxylation is 1. The number of aromatic nitrogens is 3. The standard InChI is InChI=1S/C19H23N3OSi/c1-14-6-10-16(11-7-14)22-18(19(20-21-22)24(3,4)5)15-8-12-17(23-2)13-9-15/h6-13H,1-5H3. The molecular weight excluding hydrogens is 314 g/mol. The maximum atomic E-state index is 5.28. The molecule has 2 aromatic carbocycles. The molecule has 0 aliphatic heterocycles. The Hall–Kier alpha value is -2.40. The molecule has 24 heavy (non-hydrogen) atoms. The molecule has 0 saturated carbocycles. The Morgan fingerprint density at radius 1 is 0.917 bits per heavy atom. The predicted molar refractivity (Wildman–Crippen MR) is 101 cm³/mol. The van der Waals surface area contributed by atoms with Gasteiger partial charge in [-0.3, -0.25) is 0 Å². The van der Waals surface area contributed by atoms with E-state index in [4.69, 9.17) is 4.74 Å². The van der Waals surface area contributed by atoms with Gasteiger partial charge in [-0.2, -0.15) is 0 Å². The normalized spacial score (nSPS) is 11.5. The molecule has 0 spiro atoms. The minimum atomic E-state index is -1.63. The molecule has 0 saturated heterocycles. The first-order valence-electron chi connectivity index (χ1n) is 8.08. The predicted octanol–water partition coefficient (Wildman–Crippen LogP) is 3.80. The topological polar surface area (TPSA) is 39.9 Å². The van der Waals surface area contributed by atoms with Crippen LogP contribution >= 0.6 is 0 Å². The van der Waals surface area contributed by atoms with Crippen LogP contribution in [-0.2, 0) is 0 Å². The molecule has 0 radical (unpaired) electrons. The van der Waals surface area contributed by atoms with Gasteiger partial charge in [-0.1, -0.05) is 42.6 Å². The minimum absolute atomic E-state index is 0.850. The molecule has 5 heteroatoms. The number of hydrogen-bond donors (Lipinski definition) is 0. The molecule has 0 aliphatic rings. The van der Waals surface area contributed by atoms with Crippen LogP contribution in [0.4, 0.5) is 0 Å². The lowest BCUT2D eigenvalue weighted by Crippen LogP contribution is -2.40. The molecule has 0 unspecified atom stereocenters. The van der Waals surface area contributed by atoms with Gasteiger partial charge in [0.05, 0.1) is 23.8 Å². The van der Waals surface area contributed by atoms with E-state index < -0.39 is 8.07 Å². The highest BCUT2D eigenvalue weighted by Gasteiger charge is 2.27. The van der Waals surface area contributed by atoms with Crippen LogP contribution in [0.1, 0.15) is 5.56 Å². The van der Waals surface area contributed by atoms with Crippen molar-refractivity contribution in [3.63, 3.8) is 0 Å². The lowest BCUT2D eigenvalue weighted by Gasteiger charge is -2.16. The van der Waals surface area contributed by atoms with E-state index in [0.29, 0.717) is 0 Å². The van der Waals surface area contributed by atoms with E-state index >= 15 is 0 Å². The van der Waals surface area contributed by atoms with Crippen molar-refractivity contribution in [2.45, 2.75) is 26.6 Å². The molecule has 0 N–H and O–H groups in total. The zero-order chi connectivity index (χ0) is 17.3. The molecule has 124 valence electrons. The van der Waals surface area contributed by atoms with Gasteiger partial charge in [-0.05, 0) is 43.3 Å². The number of ether oxygens (including phenoxy) is 1. The largest absolute Gasteiger partial charge is 0.497 e. The maximum Gasteiger partial charge on any atom is 0.118 e. The lowest BCUT2D eigenvalue weighted by molar-refractivity contribution is 0.415. The van der Waals surface area contributed by atoms with Gasteiger partial charge in [0.1, 0.15) is 13.8 Å². The molecule has 0 bridgehead atoms. The van der Waals surface area contributed by atoms with Crippen LogP contribution in [0.2, 0.25) is 19.6 Å². The zero-order valence-electron chi connectivity index (χ0n) is 14.9. The summed E-state index contributed by atoms with van der Waals surface area (Å²) >= 11 is 0. The molecule has 4 nitrogen and oxygen atoms in total. The summed E-state index contributed by atoms with van der Waals surface area (Å²) in [6.07, 6.45) is 0. The monoisotopic (exact) mass is 337 g/mol. The molecule has 0 fully saturated rings. The molecular formula is C19H23N3OSi. The Morgan fingerprint density at radius 3 is 2.08 bits per heavy atom. The summed E-state index contributed by atoms with van der Waals surface area (Å²) < 4.78 is 7.24. The number of nitrogens with zero attached hydrogens (tertiary/aromatic N) is 3. The van der Waals surface area contributed by atoms with Crippen molar-refractivity contribution in [2.75, 3.05) is 7.11 Å². The Bertz CT molecular complexity index is 831. The second-order valence-corrected chi connectivity index (χ2v) is 12.0. The van der Waals surface area contributed by atoms with Crippen LogP contribution in [0.15, 0.2) is 48.5 Å². The van der Waals surface area contributed by atoms with Crippen molar-refractivity contribution in [1.29, 1.82) is 0 Å². The summed E-state index contributed by atoms with van der Waals surface area (Å²) in [4.78, 5) is 0. The first kappa shape index (κ1) is 16.5. The van der Waals surface area contributed by atoms with Crippen LogP contribution < -0.4 is 10.1 Å². The average Bonchev–Trinajstić information content (AvgIpc) is 3.01. The van der Waals surface area contributed by atoms with Gasteiger partial charge >= 0.3 is 0 Å². The van der Waals surface area contributed by atoms with Gasteiger partial charge in [0.2, 0.25) is 0 Å². The first-order valence-corrected chi connectivity index (χ1v) is 11.6. The highest BCUT2D eigenvalue weighted by molar-refractivity contribution is 6.89. The van der Waals surface area contributed by atoms with Crippen LogP contribution in [0, 0.1) is 6.92 Å². The second kappa shape index (κ2) is 6.24. The summed E-state index contributed by atoms with van der Waals surface area (Å²) in [6.45, 7) is 8.97. The van der Waals surface area contributed by atoms with Crippen LogP contribution in [0.25, 0.3) is 16.9 Å². The number of hydrogen-bond acceptors (Lipinski definition) is 3. The quantitative estimate of drug-likeness (QED) is 0.680. The average molecular weight is 337 g/mol. The Balaban J connectivity index is 2.19. The van der Waals surface area contributed by atoms with Crippen molar-refractivity contribution in [2.24, 2.45) is 0 Å². The van der Waals surface area contributed by atoms with E-state index in [0.717, 1.165) is 28.0 Å². The fourth-order valence-electron chi connectivity index (χ4n) is 2.66. The second-order valence-electron chi connectivity index (χ2n) is 7.01. The first-order chi connectivity index (χ1) is 11.4. The van der Waals surface area contributed by atoms with Crippen molar-refractivity contribution < 1.29 is 4.74 Å². The number of rotatable bonds is 4. The Labute approximate surface area is 144 Å². The third-order valence-electron chi connectivity index (χ3n) is 4.02. The summed E-state index contributed by atoms with van der Waals surface area (Å²) in [5.41, 5.74) is 4.46. The van der Waals surface area contributed by atoms with E-state index in [1.54, 1.807) is 7.11 Å². The molecule has 3 rings (SSSR count). The zero-order valence-corrected chi connectivity index (χ0v) is 15.9. The minimum Gasteiger partial charge on any atom is -0.497 e. The lowest BCUT2D eigenvalue weighted by atomic mass is 10.1. The fourth-order valence-corrected chi connectivity index (χ4v) is 3.97. The van der Waals surface area contributed by atoms with Gasteiger partial charge < -0.3 is 4.74 Å². The summed E-state index contributed by atoms with van der Waals surface area (Å²) in [7, 11) is 0.0499. The van der Waals surface area contributed by atoms with Gasteiger partial charge in [0, 0.05) is 5.56 Å². The Kier molecular flexibility index (Phi) is 4.28. The molecule has 0 amide bonds. The van der Waals surface area contributed by atoms with Gasteiger partial charge in [0.15, 0.2) is 0 Å². The van der Waals surface area contributed by atoms with Gasteiger partial charge in [-0.15, -0.1) is 5.10 Å². The van der Waals surface area contributed by atoms with Crippen molar-refractivity contribution in [3.05, 3.63) is 54.1 Å². The van der Waals surface area contributed by atoms with Crippen LogP contribution in [-0.4, -0.2) is 30.2 Å². The van der Waals surface area contributed by atoms with Crippen molar-refractivity contribution >= 4 is 13.4 Å². The van der Waals surface area contributed by atoms with E-state index in [1.807, 2.05) is 16.8 Å². The smallest absolute Gasteiger partial charge is 0.118 e. The van der Waals surface area contributed by atoms with E-state index in [1.165, 1.54) is 5.56 Å². The van der Waals surface area contributed by atoms with Crippen molar-refractivity contribution in [3.8, 4) is 22.7 Å². The molecule has 1 heterocycles.